The summed E-state index contributed by atoms with van der Waals surface area (Å²) in [5.41, 5.74) is 0.710. The van der Waals surface area contributed by atoms with Gasteiger partial charge in [0.1, 0.15) is 0 Å². The Hall–Kier alpha value is 0.137. The first-order valence-electron chi connectivity index (χ1n) is 7.78. The Morgan fingerprint density at radius 2 is 1.50 bits per heavy atom. The fourth-order valence-electron chi connectivity index (χ4n) is 3.28. The Bertz CT molecular complexity index is 209. The first kappa shape index (κ1) is 16.2. The van der Waals surface area contributed by atoms with Crippen LogP contribution in [0.15, 0.2) is 0 Å². The van der Waals surface area contributed by atoms with Crippen molar-refractivity contribution in [3.63, 3.8) is 0 Å². The topological polar surface area (TPSA) is 18.5 Å². The Morgan fingerprint density at radius 1 is 1.00 bits per heavy atom. The molecule has 108 valence electrons. The fraction of sp³-hybridized carbons (Fsp3) is 1.00. The first-order chi connectivity index (χ1) is 8.68. The molecule has 3 heteroatoms. The van der Waals surface area contributed by atoms with Gasteiger partial charge in [-0.15, -0.1) is 0 Å². The van der Waals surface area contributed by atoms with E-state index in [0.29, 0.717) is 5.54 Å². The predicted molar refractivity (Wildman–Crippen MR) is 80.1 cm³/mol. The third-order valence-corrected chi connectivity index (χ3v) is 9.22. The monoisotopic (exact) mass is 272 g/mol. The molecule has 2 nitrogen and oxygen atoms in total. The van der Waals surface area contributed by atoms with Crippen LogP contribution in [0.5, 0.6) is 0 Å². The summed E-state index contributed by atoms with van der Waals surface area (Å²) < 4.78 is 12.0. The molecule has 1 fully saturated rings. The van der Waals surface area contributed by atoms with Crippen LogP contribution >= 0.6 is 0 Å². The molecule has 1 aliphatic carbocycles. The van der Waals surface area contributed by atoms with Crippen molar-refractivity contribution in [1.82, 2.24) is 0 Å². The van der Waals surface area contributed by atoms with Crippen LogP contribution in [-0.2, 0) is 8.85 Å². The Labute approximate surface area is 115 Å². The van der Waals surface area contributed by atoms with Crippen LogP contribution in [0.4, 0.5) is 0 Å². The summed E-state index contributed by atoms with van der Waals surface area (Å²) in [5.74, 6) is 0.724. The van der Waals surface area contributed by atoms with Gasteiger partial charge >= 0.3 is 8.56 Å². The van der Waals surface area contributed by atoms with Crippen molar-refractivity contribution in [3.05, 3.63) is 0 Å². The molecule has 0 heterocycles. The Kier molecular flexibility index (Phi) is 7.50. The quantitative estimate of drug-likeness (QED) is 0.641. The normalized spacial score (nSPS) is 21.3. The second-order valence-electron chi connectivity index (χ2n) is 5.98. The third kappa shape index (κ3) is 4.36. The Morgan fingerprint density at radius 3 is 1.94 bits per heavy atom. The predicted octanol–water partition coefficient (Wildman–Crippen LogP) is 4.88. The first-order valence-corrected chi connectivity index (χ1v) is 9.89. The molecule has 0 amide bonds. The zero-order chi connectivity index (χ0) is 13.4. The van der Waals surface area contributed by atoms with E-state index in [4.69, 9.17) is 8.85 Å². The maximum atomic E-state index is 6.01. The molecule has 0 N–H and O–H groups in total. The van der Waals surface area contributed by atoms with Crippen LogP contribution in [0.3, 0.4) is 0 Å². The molecule has 0 radical (unpaired) electrons. The lowest BCUT2D eigenvalue weighted by molar-refractivity contribution is 0.212. The Balaban J connectivity index is 2.72. The lowest BCUT2D eigenvalue weighted by atomic mass is 10.0. The largest absolute Gasteiger partial charge is 0.397 e. The smallest absolute Gasteiger partial charge is 0.341 e. The van der Waals surface area contributed by atoms with E-state index >= 15 is 0 Å². The molecule has 1 rings (SSSR count). The minimum Gasteiger partial charge on any atom is -0.397 e. The molecule has 0 aromatic carbocycles. The average molecular weight is 273 g/mol. The molecule has 18 heavy (non-hydrogen) atoms. The number of hydrogen-bond donors (Lipinski definition) is 0. The van der Waals surface area contributed by atoms with Crippen molar-refractivity contribution >= 4 is 8.56 Å². The molecule has 0 aromatic rings. The van der Waals surface area contributed by atoms with E-state index in [9.17, 15) is 0 Å². The van der Waals surface area contributed by atoms with E-state index < -0.39 is 8.56 Å². The van der Waals surface area contributed by atoms with Gasteiger partial charge in [0.15, 0.2) is 0 Å². The molecule has 0 saturated heterocycles. The van der Waals surface area contributed by atoms with Gasteiger partial charge in [-0.2, -0.15) is 0 Å². The van der Waals surface area contributed by atoms with Crippen molar-refractivity contribution in [1.29, 1.82) is 0 Å². The summed E-state index contributed by atoms with van der Waals surface area (Å²) in [4.78, 5) is 0. The molecular formula is C15H32O2Si. The molecule has 0 spiro atoms. The summed E-state index contributed by atoms with van der Waals surface area (Å²) >= 11 is 0. The van der Waals surface area contributed by atoms with Crippen molar-refractivity contribution in [2.24, 2.45) is 5.92 Å². The van der Waals surface area contributed by atoms with Crippen LogP contribution in [-0.4, -0.2) is 22.8 Å². The molecule has 0 aliphatic heterocycles. The zero-order valence-corrected chi connectivity index (χ0v) is 13.8. The van der Waals surface area contributed by atoms with Crippen LogP contribution in [0, 0.1) is 5.92 Å². The molecule has 1 atom stereocenters. The van der Waals surface area contributed by atoms with Crippen LogP contribution in [0.25, 0.3) is 0 Å². The van der Waals surface area contributed by atoms with Crippen LogP contribution < -0.4 is 0 Å². The van der Waals surface area contributed by atoms with Crippen molar-refractivity contribution in [2.75, 3.05) is 14.2 Å². The maximum Gasteiger partial charge on any atom is 0.341 e. The molecule has 1 saturated carbocycles. The highest BCUT2D eigenvalue weighted by Crippen LogP contribution is 2.40. The summed E-state index contributed by atoms with van der Waals surface area (Å²) in [6.07, 6.45) is 10.8. The lowest BCUT2D eigenvalue weighted by Crippen LogP contribution is -2.46. The zero-order valence-electron chi connectivity index (χ0n) is 12.8. The van der Waals surface area contributed by atoms with E-state index in [1.54, 1.807) is 0 Å². The highest BCUT2D eigenvalue weighted by atomic mass is 28.4. The van der Waals surface area contributed by atoms with Gasteiger partial charge in [0.2, 0.25) is 0 Å². The van der Waals surface area contributed by atoms with Crippen molar-refractivity contribution < 1.29 is 8.85 Å². The molecule has 0 aromatic heterocycles. The molecule has 1 unspecified atom stereocenters. The van der Waals surface area contributed by atoms with E-state index in [1.807, 2.05) is 14.2 Å². The van der Waals surface area contributed by atoms with Gasteiger partial charge in [0, 0.05) is 19.8 Å². The van der Waals surface area contributed by atoms with E-state index in [0.717, 1.165) is 5.92 Å². The van der Waals surface area contributed by atoms with Gasteiger partial charge in [-0.25, -0.2) is 0 Å². The lowest BCUT2D eigenvalue weighted by Gasteiger charge is -2.37. The standard InChI is InChI=1S/C15H32O2Si/c1-5-14(2)13-18(16-3,17-4)15-11-9-7-6-8-10-12-15/h14-15H,5-13H2,1-4H3. The molecule has 1 aliphatic rings. The SMILES string of the molecule is CCC(C)C[Si](OC)(OC)C1CCCCCCC1. The molecular weight excluding hydrogens is 240 g/mol. The van der Waals surface area contributed by atoms with Crippen LogP contribution in [0.1, 0.15) is 65.2 Å². The summed E-state index contributed by atoms with van der Waals surface area (Å²) in [7, 11) is 1.79. The average Bonchev–Trinajstić information content (AvgIpc) is 2.36. The van der Waals surface area contributed by atoms with Crippen molar-refractivity contribution in [2.45, 2.75) is 76.8 Å². The van der Waals surface area contributed by atoms with E-state index in [2.05, 4.69) is 13.8 Å². The summed E-state index contributed by atoms with van der Waals surface area (Å²) in [6, 6.07) is 1.17. The summed E-state index contributed by atoms with van der Waals surface area (Å²) in [5, 5.41) is 0. The van der Waals surface area contributed by atoms with Gasteiger partial charge in [-0.05, 0) is 24.8 Å². The third-order valence-electron chi connectivity index (χ3n) is 4.75. The maximum absolute atomic E-state index is 6.01. The van der Waals surface area contributed by atoms with Gasteiger partial charge in [0.25, 0.3) is 0 Å². The minimum atomic E-state index is -1.98. The van der Waals surface area contributed by atoms with Crippen LogP contribution in [0.2, 0.25) is 11.6 Å². The van der Waals surface area contributed by atoms with Gasteiger partial charge in [-0.1, -0.05) is 52.4 Å². The highest BCUT2D eigenvalue weighted by molar-refractivity contribution is 6.69. The highest BCUT2D eigenvalue weighted by Gasteiger charge is 2.44. The summed E-state index contributed by atoms with van der Waals surface area (Å²) in [6.45, 7) is 4.61. The van der Waals surface area contributed by atoms with Gasteiger partial charge in [0.05, 0.1) is 0 Å². The van der Waals surface area contributed by atoms with Crippen molar-refractivity contribution in [3.8, 4) is 0 Å². The second kappa shape index (κ2) is 8.34. The number of hydrogen-bond acceptors (Lipinski definition) is 2. The van der Waals surface area contributed by atoms with Gasteiger partial charge < -0.3 is 8.85 Å². The minimum absolute atomic E-state index is 0.710. The second-order valence-corrected chi connectivity index (χ2v) is 9.64. The van der Waals surface area contributed by atoms with Gasteiger partial charge in [-0.3, -0.25) is 0 Å². The molecule has 0 bridgehead atoms. The fourth-order valence-corrected chi connectivity index (χ4v) is 7.32. The number of rotatable bonds is 6. The van der Waals surface area contributed by atoms with E-state index in [1.165, 1.54) is 57.4 Å². The van der Waals surface area contributed by atoms with E-state index in [-0.39, 0.29) is 0 Å².